The number of fused-ring (bicyclic) bond motifs is 5. The van der Waals surface area contributed by atoms with Gasteiger partial charge in [-0.15, -0.1) is 0 Å². The van der Waals surface area contributed by atoms with E-state index in [9.17, 15) is 0 Å². The second kappa shape index (κ2) is 12.4. The fourth-order valence-electron chi connectivity index (χ4n) is 7.39. The lowest BCUT2D eigenvalue weighted by Gasteiger charge is -2.13. The number of para-hydroxylation sites is 1. The Kier molecular flexibility index (Phi) is 7.10. The molecule has 0 amide bonds. The van der Waals surface area contributed by atoms with E-state index < -0.39 is 0 Å². The normalized spacial score (nSPS) is 12.7. The molecular formula is C46H31N5O. The van der Waals surface area contributed by atoms with E-state index in [-0.39, 0.29) is 0 Å². The summed E-state index contributed by atoms with van der Waals surface area (Å²) in [7, 11) is 0. The third-order valence-corrected chi connectivity index (χ3v) is 9.77. The van der Waals surface area contributed by atoms with Crippen LogP contribution in [0.3, 0.4) is 0 Å². The van der Waals surface area contributed by atoms with Crippen molar-refractivity contribution in [2.45, 2.75) is 0 Å². The number of furan rings is 1. The van der Waals surface area contributed by atoms with Gasteiger partial charge in [-0.25, -0.2) is 9.97 Å². The fraction of sp³-hybridized carbons (Fsp3) is 0.0217. The maximum Gasteiger partial charge on any atom is 0.160 e. The SMILES string of the molecule is C1=CC(c2cc(-c3ccncc3)nc(-c3cccc(-n4c5ccccc5c5c6oc(-c7ccccc7)c(-c7ccccc7)c6ccc54)c3)n2)=CCN1. The van der Waals surface area contributed by atoms with Crippen molar-refractivity contribution in [1.82, 2.24) is 24.8 Å². The van der Waals surface area contributed by atoms with Gasteiger partial charge < -0.3 is 14.3 Å². The van der Waals surface area contributed by atoms with Gasteiger partial charge in [-0.2, -0.15) is 0 Å². The van der Waals surface area contributed by atoms with Gasteiger partial charge in [0.15, 0.2) is 5.82 Å². The molecule has 5 heterocycles. The second-order valence-electron chi connectivity index (χ2n) is 12.9. The highest BCUT2D eigenvalue weighted by atomic mass is 16.3. The highest BCUT2D eigenvalue weighted by molar-refractivity contribution is 6.22. The third kappa shape index (κ3) is 5.00. The van der Waals surface area contributed by atoms with Gasteiger partial charge in [-0.3, -0.25) is 4.98 Å². The first-order valence-corrected chi connectivity index (χ1v) is 17.4. The number of hydrogen-bond acceptors (Lipinski definition) is 5. The molecule has 0 radical (unpaired) electrons. The second-order valence-corrected chi connectivity index (χ2v) is 12.9. The first-order valence-electron chi connectivity index (χ1n) is 17.4. The molecule has 0 saturated carbocycles. The topological polar surface area (TPSA) is 68.8 Å². The zero-order valence-electron chi connectivity index (χ0n) is 28.1. The molecule has 0 aliphatic carbocycles. The van der Waals surface area contributed by atoms with Crippen LogP contribution in [-0.4, -0.2) is 26.1 Å². The Morgan fingerprint density at radius 2 is 1.35 bits per heavy atom. The Hall–Kier alpha value is -7.05. The minimum atomic E-state index is 0.660. The minimum absolute atomic E-state index is 0.660. The van der Waals surface area contributed by atoms with Crippen molar-refractivity contribution in [1.29, 1.82) is 0 Å². The Bertz CT molecular complexity index is 2830. The molecule has 10 rings (SSSR count). The number of allylic oxidation sites excluding steroid dienone is 2. The summed E-state index contributed by atoms with van der Waals surface area (Å²) in [5, 5.41) is 6.54. The minimum Gasteiger partial charge on any atom is -0.455 e. The van der Waals surface area contributed by atoms with Crippen molar-refractivity contribution >= 4 is 38.3 Å². The summed E-state index contributed by atoms with van der Waals surface area (Å²) in [5.74, 6) is 1.53. The van der Waals surface area contributed by atoms with Crippen molar-refractivity contribution in [3.63, 3.8) is 0 Å². The largest absolute Gasteiger partial charge is 0.455 e. The van der Waals surface area contributed by atoms with Crippen molar-refractivity contribution in [3.05, 3.63) is 176 Å². The average molecular weight is 670 g/mol. The van der Waals surface area contributed by atoms with Gasteiger partial charge in [0.1, 0.15) is 11.3 Å². The van der Waals surface area contributed by atoms with Crippen molar-refractivity contribution in [2.75, 3.05) is 6.54 Å². The van der Waals surface area contributed by atoms with E-state index in [1.165, 1.54) is 0 Å². The lowest BCUT2D eigenvalue weighted by Crippen LogP contribution is -2.09. The first-order chi connectivity index (χ1) is 25.8. The van der Waals surface area contributed by atoms with Crippen LogP contribution in [0.1, 0.15) is 5.69 Å². The lowest BCUT2D eigenvalue weighted by molar-refractivity contribution is 0.636. The van der Waals surface area contributed by atoms with Gasteiger partial charge in [0, 0.05) is 57.7 Å². The van der Waals surface area contributed by atoms with Crippen LogP contribution in [0.5, 0.6) is 0 Å². The van der Waals surface area contributed by atoms with E-state index in [4.69, 9.17) is 14.4 Å². The number of hydrogen-bond donors (Lipinski definition) is 1. The number of dihydropyridines is 1. The number of pyridine rings is 1. The van der Waals surface area contributed by atoms with Crippen molar-refractivity contribution in [2.24, 2.45) is 0 Å². The summed E-state index contributed by atoms with van der Waals surface area (Å²) in [6, 6.07) is 48.5. The Morgan fingerprint density at radius 1 is 0.596 bits per heavy atom. The molecule has 0 atom stereocenters. The highest BCUT2D eigenvalue weighted by Gasteiger charge is 2.23. The van der Waals surface area contributed by atoms with Gasteiger partial charge in [0.25, 0.3) is 0 Å². The van der Waals surface area contributed by atoms with Gasteiger partial charge in [0.2, 0.25) is 0 Å². The summed E-state index contributed by atoms with van der Waals surface area (Å²) in [6.45, 7) is 0.752. The monoisotopic (exact) mass is 669 g/mol. The molecule has 0 unspecified atom stereocenters. The number of nitrogens with one attached hydrogen (secondary N) is 1. The van der Waals surface area contributed by atoms with E-state index in [1.54, 1.807) is 12.4 Å². The molecule has 5 aromatic carbocycles. The smallest absolute Gasteiger partial charge is 0.160 e. The molecule has 0 spiro atoms. The van der Waals surface area contributed by atoms with Crippen molar-refractivity contribution in [3.8, 4) is 50.8 Å². The average Bonchev–Trinajstić information content (AvgIpc) is 3.78. The standard InChI is InChI=1S/C46H31N5O/c1-3-10-32(11-4-1)42-37-18-19-41-43(45(37)52-44(42)33-12-5-2-6-13-33)36-16-7-8-17-40(36)51(41)35-15-9-14-34(28-35)46-49-38(30-20-24-47-25-21-30)29-39(50-46)31-22-26-48-27-23-31/h1-26,28-29,48H,27H2. The number of rotatable bonds is 6. The lowest BCUT2D eigenvalue weighted by atomic mass is 9.98. The van der Waals surface area contributed by atoms with Crippen molar-refractivity contribution < 1.29 is 4.42 Å². The van der Waals surface area contributed by atoms with E-state index >= 15 is 0 Å². The van der Waals surface area contributed by atoms with Gasteiger partial charge >= 0.3 is 0 Å². The Labute approximate surface area is 300 Å². The number of nitrogens with zero attached hydrogens (tertiary/aromatic N) is 4. The summed E-state index contributed by atoms with van der Waals surface area (Å²) >= 11 is 0. The van der Waals surface area contributed by atoms with Crippen LogP contribution in [0.15, 0.2) is 175 Å². The predicted octanol–water partition coefficient (Wildman–Crippen LogP) is 10.9. The Balaban J connectivity index is 1.19. The molecule has 4 aromatic heterocycles. The van der Waals surface area contributed by atoms with E-state index in [2.05, 4.69) is 148 Å². The molecule has 6 nitrogen and oxygen atoms in total. The number of aromatic nitrogens is 4. The molecule has 1 aliphatic rings. The zero-order valence-corrected chi connectivity index (χ0v) is 28.1. The molecule has 6 heteroatoms. The van der Waals surface area contributed by atoms with Crippen LogP contribution in [0, 0.1) is 0 Å². The molecule has 9 aromatic rings. The highest BCUT2D eigenvalue weighted by Crippen LogP contribution is 2.46. The zero-order chi connectivity index (χ0) is 34.4. The van der Waals surface area contributed by atoms with Gasteiger partial charge in [0.05, 0.1) is 27.8 Å². The molecule has 52 heavy (non-hydrogen) atoms. The van der Waals surface area contributed by atoms with E-state index in [1.807, 2.05) is 24.4 Å². The molecule has 1 N–H and O–H groups in total. The quantitative estimate of drug-likeness (QED) is 0.191. The van der Waals surface area contributed by atoms with Crippen LogP contribution >= 0.6 is 0 Å². The molecular weight excluding hydrogens is 639 g/mol. The summed E-state index contributed by atoms with van der Waals surface area (Å²) in [6.07, 6.45) is 9.77. The molecule has 1 aliphatic heterocycles. The first kappa shape index (κ1) is 29.8. The van der Waals surface area contributed by atoms with E-state index in [0.717, 1.165) is 95.5 Å². The molecule has 0 bridgehead atoms. The van der Waals surface area contributed by atoms with Crippen LogP contribution in [0.2, 0.25) is 0 Å². The fourth-order valence-corrected chi connectivity index (χ4v) is 7.39. The van der Waals surface area contributed by atoms with Gasteiger partial charge in [-0.1, -0.05) is 97.1 Å². The predicted molar refractivity (Wildman–Crippen MR) is 211 cm³/mol. The van der Waals surface area contributed by atoms with Crippen LogP contribution in [0.4, 0.5) is 0 Å². The molecule has 0 fully saturated rings. The maximum absolute atomic E-state index is 6.98. The molecule has 0 saturated heterocycles. The summed E-state index contributed by atoms with van der Waals surface area (Å²) in [5.41, 5.74) is 12.0. The van der Waals surface area contributed by atoms with Gasteiger partial charge in [-0.05, 0) is 71.9 Å². The Morgan fingerprint density at radius 3 is 2.15 bits per heavy atom. The summed E-state index contributed by atoms with van der Waals surface area (Å²) in [4.78, 5) is 14.4. The summed E-state index contributed by atoms with van der Waals surface area (Å²) < 4.78 is 9.30. The molecule has 246 valence electrons. The van der Waals surface area contributed by atoms with Crippen LogP contribution in [-0.2, 0) is 0 Å². The maximum atomic E-state index is 6.98. The van der Waals surface area contributed by atoms with Crippen LogP contribution in [0.25, 0.3) is 89.1 Å². The third-order valence-electron chi connectivity index (χ3n) is 9.77. The van der Waals surface area contributed by atoms with Crippen LogP contribution < -0.4 is 5.32 Å². The van der Waals surface area contributed by atoms with E-state index in [0.29, 0.717) is 5.82 Å². The number of benzene rings is 5.